The van der Waals surface area contributed by atoms with Crippen LogP contribution in [0.25, 0.3) is 82.4 Å². The van der Waals surface area contributed by atoms with Crippen molar-refractivity contribution in [2.75, 3.05) is 0 Å². The number of fused-ring (bicyclic) bond motifs is 15. The molecule has 0 saturated heterocycles. The van der Waals surface area contributed by atoms with Gasteiger partial charge in [0.05, 0.1) is 16.4 Å². The first-order valence-electron chi connectivity index (χ1n) is 22.2. The molecule has 0 amide bonds. The van der Waals surface area contributed by atoms with Crippen LogP contribution in [0, 0.1) is 0 Å². The molecule has 11 rings (SSSR count). The van der Waals surface area contributed by atoms with Gasteiger partial charge in [0.1, 0.15) is 11.2 Å². The van der Waals surface area contributed by atoms with Crippen LogP contribution in [0.3, 0.4) is 0 Å². The van der Waals surface area contributed by atoms with Crippen LogP contribution >= 0.6 is 0 Å². The van der Waals surface area contributed by atoms with Crippen molar-refractivity contribution in [3.8, 4) is 16.8 Å². The van der Waals surface area contributed by atoms with Gasteiger partial charge in [-0.3, -0.25) is 0 Å². The number of benzene rings is 6. The summed E-state index contributed by atoms with van der Waals surface area (Å²) in [5, 5.41) is 7.58. The van der Waals surface area contributed by atoms with Crippen molar-refractivity contribution in [2.24, 2.45) is 0 Å². The lowest BCUT2D eigenvalue weighted by atomic mass is 9.45. The number of hydrogen-bond acceptors (Lipinski definition) is 1. The number of furan rings is 1. The van der Waals surface area contributed by atoms with E-state index in [1.165, 1.54) is 110 Å². The van der Waals surface area contributed by atoms with Crippen molar-refractivity contribution in [3.05, 3.63) is 113 Å². The van der Waals surface area contributed by atoms with Crippen molar-refractivity contribution >= 4 is 83.3 Å². The van der Waals surface area contributed by atoms with Gasteiger partial charge >= 0.3 is 6.85 Å². The maximum atomic E-state index is 7.29. The molecule has 5 heterocycles. The molecule has 3 nitrogen and oxygen atoms in total. The highest BCUT2D eigenvalue weighted by Gasteiger charge is 2.43. The zero-order chi connectivity index (χ0) is 42.5. The summed E-state index contributed by atoms with van der Waals surface area (Å²) in [7, 11) is 0. The predicted molar refractivity (Wildman–Crippen MR) is 260 cm³/mol. The lowest BCUT2D eigenvalue weighted by Crippen LogP contribution is -2.55. The van der Waals surface area contributed by atoms with Crippen LogP contribution in [0.2, 0.25) is 0 Å². The van der Waals surface area contributed by atoms with E-state index < -0.39 is 0 Å². The van der Waals surface area contributed by atoms with Crippen LogP contribution in [0.15, 0.2) is 89.3 Å². The molecule has 0 radical (unpaired) electrons. The molecule has 0 unspecified atom stereocenters. The van der Waals surface area contributed by atoms with Crippen molar-refractivity contribution in [1.29, 1.82) is 0 Å². The molecular formula is C56H59BN2O. The number of nitrogens with zero attached hydrogens (tertiary/aromatic N) is 2. The van der Waals surface area contributed by atoms with E-state index in [1.54, 1.807) is 0 Å². The Kier molecular flexibility index (Phi) is 7.16. The monoisotopic (exact) mass is 786 g/mol. The fourth-order valence-electron chi connectivity index (χ4n) is 10.7. The minimum absolute atomic E-state index is 0.000660. The molecule has 0 saturated carbocycles. The topological polar surface area (TPSA) is 23.0 Å². The third kappa shape index (κ3) is 4.97. The average Bonchev–Trinajstić information content (AvgIpc) is 3.81. The first kappa shape index (κ1) is 37.8. The van der Waals surface area contributed by atoms with Crippen LogP contribution in [0.4, 0.5) is 0 Å². The normalized spacial score (nSPS) is 14.6. The molecule has 0 atom stereocenters. The van der Waals surface area contributed by atoms with Gasteiger partial charge < -0.3 is 13.5 Å². The van der Waals surface area contributed by atoms with Crippen LogP contribution in [-0.4, -0.2) is 15.9 Å². The Morgan fingerprint density at radius 1 is 0.433 bits per heavy atom. The van der Waals surface area contributed by atoms with Gasteiger partial charge in [0.15, 0.2) is 0 Å². The summed E-state index contributed by atoms with van der Waals surface area (Å²) < 4.78 is 12.6. The van der Waals surface area contributed by atoms with Gasteiger partial charge in [-0.25, -0.2) is 0 Å². The van der Waals surface area contributed by atoms with Gasteiger partial charge in [-0.15, -0.1) is 0 Å². The zero-order valence-corrected chi connectivity index (χ0v) is 38.5. The summed E-state index contributed by atoms with van der Waals surface area (Å²) in [6.07, 6.45) is 0. The van der Waals surface area contributed by atoms with E-state index in [1.807, 2.05) is 0 Å². The second kappa shape index (κ2) is 11.4. The molecular weight excluding hydrogens is 727 g/mol. The molecule has 2 aliphatic heterocycles. The van der Waals surface area contributed by atoms with E-state index in [0.717, 1.165) is 11.2 Å². The largest absolute Gasteiger partial charge is 0.455 e. The highest BCUT2D eigenvalue weighted by atomic mass is 16.3. The molecule has 0 bridgehead atoms. The number of rotatable bonds is 0. The van der Waals surface area contributed by atoms with Gasteiger partial charge in [-0.05, 0) is 114 Å². The van der Waals surface area contributed by atoms with Gasteiger partial charge in [-0.1, -0.05) is 140 Å². The second-order valence-electron chi connectivity index (χ2n) is 23.5. The third-order valence-electron chi connectivity index (χ3n) is 14.2. The lowest BCUT2D eigenvalue weighted by Gasteiger charge is -2.35. The van der Waals surface area contributed by atoms with Crippen LogP contribution in [-0.2, 0) is 27.1 Å². The third-order valence-corrected chi connectivity index (χ3v) is 14.2. The Hall–Kier alpha value is -5.22. The van der Waals surface area contributed by atoms with Gasteiger partial charge in [0.25, 0.3) is 0 Å². The van der Waals surface area contributed by atoms with Crippen LogP contribution in [0.1, 0.15) is 132 Å². The maximum Gasteiger partial charge on any atom is 0.333 e. The molecule has 0 aliphatic carbocycles. The molecule has 0 spiro atoms. The molecule has 3 aromatic heterocycles. The number of hydrogen-bond donors (Lipinski definition) is 0. The summed E-state index contributed by atoms with van der Waals surface area (Å²) in [5.74, 6) is 0. The minimum Gasteiger partial charge on any atom is -0.455 e. The fraction of sp³-hybridized carbons (Fsp3) is 0.357. The lowest BCUT2D eigenvalue weighted by molar-refractivity contribution is 0.559. The van der Waals surface area contributed by atoms with Crippen molar-refractivity contribution in [1.82, 2.24) is 9.05 Å². The minimum atomic E-state index is -0.0861. The van der Waals surface area contributed by atoms with E-state index in [4.69, 9.17) is 4.42 Å². The van der Waals surface area contributed by atoms with E-state index in [2.05, 4.69) is 198 Å². The SMILES string of the molecule is CC(C)(C)c1ccc2c(c1)B1c3c(ccc4c5c6oc7c(C(C)(C)C)cc(C(C)(C)C)cc7c6ccc5n-2c34)-c2cc(C(C)(C)C)cc3c4cc(C(C)(C)C)ccc4n1c23. The van der Waals surface area contributed by atoms with E-state index >= 15 is 0 Å². The Balaban J connectivity index is 1.34. The van der Waals surface area contributed by atoms with Crippen molar-refractivity contribution < 1.29 is 4.42 Å². The van der Waals surface area contributed by atoms with E-state index in [0.29, 0.717) is 0 Å². The highest BCUT2D eigenvalue weighted by Crippen LogP contribution is 2.49. The summed E-state index contributed by atoms with van der Waals surface area (Å²) >= 11 is 0. The van der Waals surface area contributed by atoms with Gasteiger partial charge in [0.2, 0.25) is 0 Å². The Morgan fingerprint density at radius 3 is 1.68 bits per heavy atom. The first-order chi connectivity index (χ1) is 27.9. The van der Waals surface area contributed by atoms with Gasteiger partial charge in [0, 0.05) is 54.8 Å². The average molecular weight is 787 g/mol. The predicted octanol–water partition coefficient (Wildman–Crippen LogP) is 14.2. The van der Waals surface area contributed by atoms with Crippen molar-refractivity contribution in [2.45, 2.75) is 131 Å². The van der Waals surface area contributed by atoms with Gasteiger partial charge in [-0.2, -0.15) is 0 Å². The quantitative estimate of drug-likeness (QED) is 0.140. The fourth-order valence-corrected chi connectivity index (χ4v) is 10.7. The highest BCUT2D eigenvalue weighted by molar-refractivity contribution is 6.90. The smallest absolute Gasteiger partial charge is 0.333 e. The Bertz CT molecular complexity index is 3380. The molecule has 0 N–H and O–H groups in total. The van der Waals surface area contributed by atoms with E-state index in [9.17, 15) is 0 Å². The Labute approximate surface area is 355 Å². The van der Waals surface area contributed by atoms with Crippen LogP contribution < -0.4 is 10.9 Å². The number of aromatic nitrogens is 2. The summed E-state index contributed by atoms with van der Waals surface area (Å²) in [6, 6.07) is 34.1. The summed E-state index contributed by atoms with van der Waals surface area (Å²) in [4.78, 5) is 0. The molecule has 0 fully saturated rings. The summed E-state index contributed by atoms with van der Waals surface area (Å²) in [5.41, 5.74) is 20.5. The first-order valence-corrected chi connectivity index (χ1v) is 22.2. The van der Waals surface area contributed by atoms with Crippen LogP contribution in [0.5, 0.6) is 0 Å². The zero-order valence-electron chi connectivity index (χ0n) is 38.5. The summed E-state index contributed by atoms with van der Waals surface area (Å²) in [6.45, 7) is 35.0. The molecule has 9 aromatic rings. The maximum absolute atomic E-state index is 7.29. The standard InChI is InChI=1S/C56H59BN2O/c1-52(2,3)30-16-21-43-37(24-30)39-26-32(54(7,8)9)25-38-34-18-19-36-46-45(23-20-35-40-27-33(55(10,11)12)28-41(56(13,14)15)50(40)60-51(35)46)58-44-22-17-31(53(4,5)6)29-42(44)57(47(34)49(36)58)59(43)48(38)39/h16-29H,1-15H3. The second-order valence-corrected chi connectivity index (χ2v) is 23.5. The molecule has 302 valence electrons. The molecule has 60 heavy (non-hydrogen) atoms. The molecule has 6 aromatic carbocycles. The van der Waals surface area contributed by atoms with Crippen molar-refractivity contribution in [3.63, 3.8) is 0 Å². The Morgan fingerprint density at radius 2 is 1.02 bits per heavy atom. The molecule has 4 heteroatoms. The van der Waals surface area contributed by atoms with E-state index in [-0.39, 0.29) is 33.9 Å². The molecule has 2 aliphatic rings.